The van der Waals surface area contributed by atoms with Crippen LogP contribution in [0.4, 0.5) is 5.69 Å². The van der Waals surface area contributed by atoms with Crippen molar-refractivity contribution in [2.45, 2.75) is 26.2 Å². The number of hydrogen-bond donors (Lipinski definition) is 2. The monoisotopic (exact) mass is 399 g/mol. The number of carbonyl (C=O) groups is 1. The van der Waals surface area contributed by atoms with Crippen molar-refractivity contribution in [2.24, 2.45) is 0 Å². The minimum atomic E-state index is -0.224. The Balaban J connectivity index is 1.45. The van der Waals surface area contributed by atoms with Crippen LogP contribution in [0.2, 0.25) is 0 Å². The molecule has 1 amide bonds. The molecule has 152 valence electrons. The number of benzene rings is 3. The number of anilines is 1. The average Bonchev–Trinajstić information content (AvgIpc) is 3.16. The molecule has 0 bridgehead atoms. The lowest BCUT2D eigenvalue weighted by atomic mass is 9.87. The molecular formula is C25H25N3O2. The van der Waals surface area contributed by atoms with Crippen LogP contribution >= 0.6 is 0 Å². The molecule has 0 unspecified atom stereocenters. The van der Waals surface area contributed by atoms with Crippen molar-refractivity contribution in [1.29, 1.82) is 0 Å². The first kappa shape index (κ1) is 19.7. The van der Waals surface area contributed by atoms with Crippen LogP contribution in [0.5, 0.6) is 5.75 Å². The van der Waals surface area contributed by atoms with E-state index in [1.165, 1.54) is 5.56 Å². The van der Waals surface area contributed by atoms with Crippen molar-refractivity contribution in [3.8, 4) is 17.1 Å². The summed E-state index contributed by atoms with van der Waals surface area (Å²) in [4.78, 5) is 20.4. The lowest BCUT2D eigenvalue weighted by Crippen LogP contribution is -2.20. The van der Waals surface area contributed by atoms with E-state index in [0.29, 0.717) is 17.3 Å². The van der Waals surface area contributed by atoms with Crippen molar-refractivity contribution in [2.75, 3.05) is 11.9 Å². The van der Waals surface area contributed by atoms with Gasteiger partial charge in [0.2, 0.25) is 0 Å². The van der Waals surface area contributed by atoms with Crippen LogP contribution in [0.3, 0.4) is 0 Å². The zero-order valence-electron chi connectivity index (χ0n) is 17.4. The smallest absolute Gasteiger partial charge is 0.262 e. The fourth-order valence-electron chi connectivity index (χ4n) is 3.27. The Hall–Kier alpha value is -3.60. The molecule has 0 fully saturated rings. The maximum Gasteiger partial charge on any atom is 0.262 e. The van der Waals surface area contributed by atoms with Crippen molar-refractivity contribution in [3.63, 3.8) is 0 Å². The van der Waals surface area contributed by atoms with Crippen LogP contribution in [0, 0.1) is 0 Å². The van der Waals surface area contributed by atoms with E-state index in [0.717, 1.165) is 16.6 Å². The molecule has 5 nitrogen and oxygen atoms in total. The third kappa shape index (κ3) is 4.35. The lowest BCUT2D eigenvalue weighted by Gasteiger charge is -2.19. The molecule has 4 rings (SSSR count). The number of amides is 1. The van der Waals surface area contributed by atoms with Gasteiger partial charge in [-0.05, 0) is 47.4 Å². The first-order valence-corrected chi connectivity index (χ1v) is 9.97. The summed E-state index contributed by atoms with van der Waals surface area (Å²) in [6, 6.07) is 23.3. The molecule has 2 N–H and O–H groups in total. The Kier molecular flexibility index (Phi) is 5.27. The number of aromatic nitrogens is 2. The van der Waals surface area contributed by atoms with E-state index in [9.17, 15) is 4.79 Å². The molecule has 0 aliphatic carbocycles. The molecular weight excluding hydrogens is 374 g/mol. The number of imidazole rings is 1. The molecule has 5 heteroatoms. The molecule has 0 aliphatic heterocycles. The van der Waals surface area contributed by atoms with Gasteiger partial charge in [-0.15, -0.1) is 0 Å². The minimum Gasteiger partial charge on any atom is -0.484 e. The standard InChI is InChI=1S/C25H25N3O2/c1-25(2,3)17-12-14-18(15-13-17)30-16-23(29)26-20-9-5-4-8-19(20)24-27-21-10-6-7-11-22(21)28-24/h4-15H,16H2,1-3H3,(H,26,29)(H,27,28). The van der Waals surface area contributed by atoms with Gasteiger partial charge in [0, 0.05) is 5.56 Å². The third-order valence-corrected chi connectivity index (χ3v) is 4.94. The topological polar surface area (TPSA) is 67.0 Å². The number of para-hydroxylation sites is 3. The molecule has 0 radical (unpaired) electrons. The molecule has 1 aromatic heterocycles. The Bertz CT molecular complexity index is 1140. The largest absolute Gasteiger partial charge is 0.484 e. The molecule has 30 heavy (non-hydrogen) atoms. The van der Waals surface area contributed by atoms with E-state index in [-0.39, 0.29) is 17.9 Å². The summed E-state index contributed by atoms with van der Waals surface area (Å²) in [6.45, 7) is 6.42. The number of hydrogen-bond acceptors (Lipinski definition) is 3. The van der Waals surface area contributed by atoms with Crippen LogP contribution in [-0.4, -0.2) is 22.5 Å². The normalized spacial score (nSPS) is 11.4. The number of fused-ring (bicyclic) bond motifs is 1. The molecule has 0 saturated carbocycles. The highest BCUT2D eigenvalue weighted by molar-refractivity contribution is 5.96. The Morgan fingerprint density at radius 2 is 1.67 bits per heavy atom. The van der Waals surface area contributed by atoms with Gasteiger partial charge in [0.05, 0.1) is 16.7 Å². The van der Waals surface area contributed by atoms with Crippen molar-refractivity contribution in [3.05, 3.63) is 78.4 Å². The van der Waals surface area contributed by atoms with E-state index in [2.05, 4.69) is 36.1 Å². The number of aromatic amines is 1. The van der Waals surface area contributed by atoms with Crippen LogP contribution in [-0.2, 0) is 10.2 Å². The molecule has 1 heterocycles. The first-order valence-electron chi connectivity index (χ1n) is 9.97. The zero-order valence-corrected chi connectivity index (χ0v) is 17.4. The van der Waals surface area contributed by atoms with Crippen molar-refractivity contribution < 1.29 is 9.53 Å². The van der Waals surface area contributed by atoms with Crippen LogP contribution in [0.1, 0.15) is 26.3 Å². The number of nitrogens with zero attached hydrogens (tertiary/aromatic N) is 1. The highest BCUT2D eigenvalue weighted by Crippen LogP contribution is 2.28. The summed E-state index contributed by atoms with van der Waals surface area (Å²) in [6.07, 6.45) is 0. The fourth-order valence-corrected chi connectivity index (χ4v) is 3.27. The predicted molar refractivity (Wildman–Crippen MR) is 121 cm³/mol. The van der Waals surface area contributed by atoms with Crippen molar-refractivity contribution in [1.82, 2.24) is 9.97 Å². The number of rotatable bonds is 5. The quantitative estimate of drug-likeness (QED) is 0.463. The van der Waals surface area contributed by atoms with Crippen LogP contribution < -0.4 is 10.1 Å². The number of ether oxygens (including phenoxy) is 1. The summed E-state index contributed by atoms with van der Waals surface area (Å²) < 4.78 is 5.67. The maximum absolute atomic E-state index is 12.5. The summed E-state index contributed by atoms with van der Waals surface area (Å²) in [5, 5.41) is 2.94. The van der Waals surface area contributed by atoms with E-state index in [4.69, 9.17) is 4.74 Å². The summed E-state index contributed by atoms with van der Waals surface area (Å²) >= 11 is 0. The average molecular weight is 399 g/mol. The SMILES string of the molecule is CC(C)(C)c1ccc(OCC(=O)Nc2ccccc2-c2nc3ccccc3[nH]2)cc1. The minimum absolute atomic E-state index is 0.0661. The highest BCUT2D eigenvalue weighted by Gasteiger charge is 2.14. The Labute approximate surface area is 176 Å². The third-order valence-electron chi connectivity index (χ3n) is 4.94. The number of carbonyl (C=O) groups excluding carboxylic acids is 1. The van der Waals surface area contributed by atoms with E-state index >= 15 is 0 Å². The predicted octanol–water partition coefficient (Wildman–Crippen LogP) is 5.54. The number of H-pyrrole nitrogens is 1. The molecule has 0 saturated heterocycles. The summed E-state index contributed by atoms with van der Waals surface area (Å²) in [7, 11) is 0. The van der Waals surface area contributed by atoms with Gasteiger partial charge in [-0.2, -0.15) is 0 Å². The van der Waals surface area contributed by atoms with Gasteiger partial charge in [-0.1, -0.05) is 57.2 Å². The second kappa shape index (κ2) is 8.03. The van der Waals surface area contributed by atoms with E-state index in [1.54, 1.807) is 0 Å². The Morgan fingerprint density at radius 3 is 2.40 bits per heavy atom. The fraction of sp³-hybridized carbons (Fsp3) is 0.200. The van der Waals surface area contributed by atoms with Gasteiger partial charge in [0.15, 0.2) is 6.61 Å². The van der Waals surface area contributed by atoms with Gasteiger partial charge in [0.1, 0.15) is 11.6 Å². The van der Waals surface area contributed by atoms with E-state index in [1.807, 2.05) is 72.8 Å². The molecule has 0 atom stereocenters. The zero-order chi connectivity index (χ0) is 21.1. The molecule has 0 aliphatic rings. The summed E-state index contributed by atoms with van der Waals surface area (Å²) in [5.74, 6) is 1.16. The second-order valence-corrected chi connectivity index (χ2v) is 8.26. The van der Waals surface area contributed by atoms with E-state index < -0.39 is 0 Å². The maximum atomic E-state index is 12.5. The van der Waals surface area contributed by atoms with Crippen LogP contribution in [0.25, 0.3) is 22.4 Å². The summed E-state index contributed by atoms with van der Waals surface area (Å²) in [5.41, 5.74) is 4.66. The van der Waals surface area contributed by atoms with Gasteiger partial charge in [-0.3, -0.25) is 4.79 Å². The second-order valence-electron chi connectivity index (χ2n) is 8.26. The lowest BCUT2D eigenvalue weighted by molar-refractivity contribution is -0.118. The Morgan fingerprint density at radius 1 is 0.967 bits per heavy atom. The molecule has 3 aromatic carbocycles. The first-order chi connectivity index (χ1) is 14.4. The van der Waals surface area contributed by atoms with Gasteiger partial charge >= 0.3 is 0 Å². The van der Waals surface area contributed by atoms with Crippen molar-refractivity contribution >= 4 is 22.6 Å². The van der Waals surface area contributed by atoms with Gasteiger partial charge in [-0.25, -0.2) is 4.98 Å². The number of nitrogens with one attached hydrogen (secondary N) is 2. The van der Waals surface area contributed by atoms with Gasteiger partial charge < -0.3 is 15.0 Å². The van der Waals surface area contributed by atoms with Crippen LogP contribution in [0.15, 0.2) is 72.8 Å². The highest BCUT2D eigenvalue weighted by atomic mass is 16.5. The molecule has 4 aromatic rings. The molecule has 0 spiro atoms. The van der Waals surface area contributed by atoms with Gasteiger partial charge in [0.25, 0.3) is 5.91 Å².